The number of hydrogen-bond acceptors (Lipinski definition) is 2. The van der Waals surface area contributed by atoms with E-state index < -0.39 is 0 Å². The van der Waals surface area contributed by atoms with E-state index in [0.29, 0.717) is 11.8 Å². The van der Waals surface area contributed by atoms with Crippen molar-refractivity contribution in [1.82, 2.24) is 15.1 Å². The first-order chi connectivity index (χ1) is 10.1. The summed E-state index contributed by atoms with van der Waals surface area (Å²) in [6, 6.07) is 8.51. The lowest BCUT2D eigenvalue weighted by molar-refractivity contribution is 0.513. The molecule has 114 valence electrons. The second kappa shape index (κ2) is 7.76. The third-order valence-electron chi connectivity index (χ3n) is 3.53. The molecule has 21 heavy (non-hydrogen) atoms. The molecular weight excluding hydrogens is 326 g/mol. The highest BCUT2D eigenvalue weighted by Gasteiger charge is 2.16. The smallest absolute Gasteiger partial charge is 0.0521 e. The summed E-state index contributed by atoms with van der Waals surface area (Å²) in [6.07, 6.45) is 5.07. The summed E-state index contributed by atoms with van der Waals surface area (Å²) in [7, 11) is 1.97. The zero-order valence-corrected chi connectivity index (χ0v) is 14.6. The van der Waals surface area contributed by atoms with Crippen molar-refractivity contribution in [2.24, 2.45) is 13.0 Å². The molecule has 3 nitrogen and oxygen atoms in total. The molecule has 0 fully saturated rings. The summed E-state index contributed by atoms with van der Waals surface area (Å²) < 4.78 is 3.05. The number of hydrogen-bond donors (Lipinski definition) is 1. The van der Waals surface area contributed by atoms with E-state index in [1.165, 1.54) is 15.6 Å². The van der Waals surface area contributed by atoms with Crippen molar-refractivity contribution >= 4 is 15.9 Å². The first kappa shape index (κ1) is 16.2. The Kier molecular flexibility index (Phi) is 6.00. The Bertz CT molecular complexity index is 563. The Balaban J connectivity index is 2.12. The van der Waals surface area contributed by atoms with E-state index in [1.54, 1.807) is 0 Å². The van der Waals surface area contributed by atoms with Gasteiger partial charge in [0.05, 0.1) is 6.20 Å². The molecule has 0 saturated heterocycles. The lowest BCUT2D eigenvalue weighted by Gasteiger charge is -2.20. The standard InChI is InChI=1S/C17H24BrN3/c1-13(2)9-19-11-15(8-14-10-20-21(3)12-14)16-6-4-5-7-17(16)18/h4-7,10,12-13,15,19H,8-9,11H2,1-3H3. The van der Waals surface area contributed by atoms with E-state index in [-0.39, 0.29) is 0 Å². The maximum atomic E-state index is 4.28. The van der Waals surface area contributed by atoms with E-state index in [9.17, 15) is 0 Å². The van der Waals surface area contributed by atoms with Crippen LogP contribution in [0.4, 0.5) is 0 Å². The Hall–Kier alpha value is -1.13. The molecular formula is C17H24BrN3. The van der Waals surface area contributed by atoms with Crippen LogP contribution in [0.1, 0.15) is 30.9 Å². The Morgan fingerprint density at radius 3 is 2.62 bits per heavy atom. The van der Waals surface area contributed by atoms with Crippen LogP contribution in [0.3, 0.4) is 0 Å². The summed E-state index contributed by atoms with van der Waals surface area (Å²) in [5.74, 6) is 1.12. The lowest BCUT2D eigenvalue weighted by atomic mass is 9.93. The van der Waals surface area contributed by atoms with Gasteiger partial charge in [0.25, 0.3) is 0 Å². The summed E-state index contributed by atoms with van der Waals surface area (Å²) in [4.78, 5) is 0. The van der Waals surface area contributed by atoms with Gasteiger partial charge in [0.1, 0.15) is 0 Å². The van der Waals surface area contributed by atoms with Gasteiger partial charge >= 0.3 is 0 Å². The van der Waals surface area contributed by atoms with Gasteiger partial charge in [0.15, 0.2) is 0 Å². The molecule has 1 aromatic heterocycles. The minimum absolute atomic E-state index is 0.448. The quantitative estimate of drug-likeness (QED) is 0.824. The normalized spacial score (nSPS) is 12.8. The van der Waals surface area contributed by atoms with Gasteiger partial charge in [-0.2, -0.15) is 5.10 Å². The molecule has 0 saturated carbocycles. The molecule has 0 spiro atoms. The molecule has 0 amide bonds. The molecule has 1 heterocycles. The van der Waals surface area contributed by atoms with Gasteiger partial charge in [-0.25, -0.2) is 0 Å². The fourth-order valence-corrected chi connectivity index (χ4v) is 3.11. The van der Waals surface area contributed by atoms with Crippen LogP contribution < -0.4 is 5.32 Å². The first-order valence-corrected chi connectivity index (χ1v) is 8.28. The SMILES string of the molecule is CC(C)CNCC(Cc1cnn(C)c1)c1ccccc1Br. The predicted molar refractivity (Wildman–Crippen MR) is 91.5 cm³/mol. The summed E-state index contributed by atoms with van der Waals surface area (Å²) in [5.41, 5.74) is 2.64. The monoisotopic (exact) mass is 349 g/mol. The summed E-state index contributed by atoms with van der Waals surface area (Å²) in [5, 5.41) is 7.87. The highest BCUT2D eigenvalue weighted by molar-refractivity contribution is 9.10. The average molecular weight is 350 g/mol. The van der Waals surface area contributed by atoms with E-state index in [0.717, 1.165) is 19.5 Å². The Morgan fingerprint density at radius 2 is 2.00 bits per heavy atom. The van der Waals surface area contributed by atoms with Crippen LogP contribution in [0.2, 0.25) is 0 Å². The maximum Gasteiger partial charge on any atom is 0.0521 e. The maximum absolute atomic E-state index is 4.28. The Morgan fingerprint density at radius 1 is 1.24 bits per heavy atom. The van der Waals surface area contributed by atoms with Gasteiger partial charge in [-0.05, 0) is 36.1 Å². The van der Waals surface area contributed by atoms with Crippen molar-refractivity contribution in [2.75, 3.05) is 13.1 Å². The fourth-order valence-electron chi connectivity index (χ4n) is 2.51. The van der Waals surface area contributed by atoms with Gasteiger partial charge in [-0.3, -0.25) is 4.68 Å². The van der Waals surface area contributed by atoms with Gasteiger partial charge in [0.2, 0.25) is 0 Å². The minimum atomic E-state index is 0.448. The van der Waals surface area contributed by atoms with Crippen LogP contribution in [-0.2, 0) is 13.5 Å². The topological polar surface area (TPSA) is 29.9 Å². The predicted octanol–water partition coefficient (Wildman–Crippen LogP) is 3.75. The molecule has 0 aliphatic heterocycles. The molecule has 1 unspecified atom stereocenters. The highest BCUT2D eigenvalue weighted by atomic mass is 79.9. The molecule has 1 atom stereocenters. The van der Waals surface area contributed by atoms with Gasteiger partial charge in [-0.15, -0.1) is 0 Å². The largest absolute Gasteiger partial charge is 0.316 e. The van der Waals surface area contributed by atoms with Crippen molar-refractivity contribution < 1.29 is 0 Å². The molecule has 0 aliphatic carbocycles. The van der Waals surface area contributed by atoms with E-state index in [1.807, 2.05) is 17.9 Å². The van der Waals surface area contributed by atoms with Crippen molar-refractivity contribution in [3.63, 3.8) is 0 Å². The second-order valence-corrected chi connectivity index (χ2v) is 6.85. The molecule has 0 bridgehead atoms. The molecule has 1 N–H and O–H groups in total. The van der Waals surface area contributed by atoms with Crippen molar-refractivity contribution in [2.45, 2.75) is 26.2 Å². The number of halogens is 1. The third-order valence-corrected chi connectivity index (χ3v) is 4.25. The van der Waals surface area contributed by atoms with Crippen LogP contribution in [0, 0.1) is 5.92 Å². The number of aromatic nitrogens is 2. The van der Waals surface area contributed by atoms with Gasteiger partial charge in [0, 0.05) is 30.2 Å². The number of aryl methyl sites for hydroxylation is 1. The van der Waals surface area contributed by atoms with Crippen LogP contribution in [-0.4, -0.2) is 22.9 Å². The molecule has 0 radical (unpaired) electrons. The zero-order chi connectivity index (χ0) is 15.2. The van der Waals surface area contributed by atoms with E-state index >= 15 is 0 Å². The number of nitrogens with one attached hydrogen (secondary N) is 1. The van der Waals surface area contributed by atoms with Crippen LogP contribution in [0.5, 0.6) is 0 Å². The van der Waals surface area contributed by atoms with Crippen LogP contribution in [0.25, 0.3) is 0 Å². The van der Waals surface area contributed by atoms with Crippen molar-refractivity contribution in [3.05, 3.63) is 52.3 Å². The van der Waals surface area contributed by atoms with Crippen LogP contribution >= 0.6 is 15.9 Å². The molecule has 1 aromatic carbocycles. The van der Waals surface area contributed by atoms with E-state index in [2.05, 4.69) is 70.7 Å². The average Bonchev–Trinajstić information content (AvgIpc) is 2.83. The van der Waals surface area contributed by atoms with E-state index in [4.69, 9.17) is 0 Å². The van der Waals surface area contributed by atoms with Gasteiger partial charge < -0.3 is 5.32 Å². The second-order valence-electron chi connectivity index (χ2n) is 6.00. The van der Waals surface area contributed by atoms with Crippen molar-refractivity contribution in [3.8, 4) is 0 Å². The number of benzene rings is 1. The lowest BCUT2D eigenvalue weighted by Crippen LogP contribution is -2.26. The number of nitrogens with zero attached hydrogens (tertiary/aromatic N) is 2. The van der Waals surface area contributed by atoms with Gasteiger partial charge in [-0.1, -0.05) is 48.0 Å². The number of rotatable bonds is 7. The molecule has 2 rings (SSSR count). The third kappa shape index (κ3) is 4.97. The Labute approximate surface area is 135 Å². The fraction of sp³-hybridized carbons (Fsp3) is 0.471. The van der Waals surface area contributed by atoms with Crippen LogP contribution in [0.15, 0.2) is 41.1 Å². The molecule has 2 aromatic rings. The zero-order valence-electron chi connectivity index (χ0n) is 13.0. The first-order valence-electron chi connectivity index (χ1n) is 7.49. The minimum Gasteiger partial charge on any atom is -0.316 e. The molecule has 0 aliphatic rings. The molecule has 4 heteroatoms. The summed E-state index contributed by atoms with van der Waals surface area (Å²) >= 11 is 3.69. The highest BCUT2D eigenvalue weighted by Crippen LogP contribution is 2.27. The van der Waals surface area contributed by atoms with Crippen molar-refractivity contribution in [1.29, 1.82) is 0 Å². The summed E-state index contributed by atoms with van der Waals surface area (Å²) in [6.45, 7) is 6.51.